The minimum atomic E-state index is -0.219. The van der Waals surface area contributed by atoms with Crippen LogP contribution in [0.2, 0.25) is 0 Å². The summed E-state index contributed by atoms with van der Waals surface area (Å²) in [6.07, 6.45) is 0.749. The third-order valence-electron chi connectivity index (χ3n) is 7.13. The van der Waals surface area contributed by atoms with Gasteiger partial charge in [-0.25, -0.2) is 0 Å². The summed E-state index contributed by atoms with van der Waals surface area (Å²) < 4.78 is 14.2. The fourth-order valence-electron chi connectivity index (χ4n) is 5.03. The number of aryl methyl sites for hydroxylation is 2. The Morgan fingerprint density at radius 2 is 1.86 bits per heavy atom. The van der Waals surface area contributed by atoms with Crippen molar-refractivity contribution < 1.29 is 14.3 Å². The minimum absolute atomic E-state index is 0.139. The van der Waals surface area contributed by atoms with Gasteiger partial charge in [0.05, 0.1) is 29.5 Å². The second-order valence-corrected chi connectivity index (χ2v) is 10.5. The van der Waals surface area contributed by atoms with E-state index in [0.717, 1.165) is 46.2 Å². The number of rotatable bonds is 8. The third-order valence-corrected chi connectivity index (χ3v) is 8.34. The van der Waals surface area contributed by atoms with Gasteiger partial charge in [0.15, 0.2) is 5.75 Å². The number of hydrogen-bond donors (Lipinski definition) is 1. The van der Waals surface area contributed by atoms with Gasteiger partial charge in [-0.2, -0.15) is 0 Å². The van der Waals surface area contributed by atoms with Crippen LogP contribution in [0.4, 0.5) is 0 Å². The Morgan fingerprint density at radius 1 is 1.14 bits per heavy atom. The molecule has 1 aliphatic heterocycles. The van der Waals surface area contributed by atoms with Gasteiger partial charge in [-0.15, -0.1) is 11.3 Å². The molecule has 0 saturated carbocycles. The molecule has 8 heteroatoms. The van der Waals surface area contributed by atoms with E-state index in [0.29, 0.717) is 42.4 Å². The van der Waals surface area contributed by atoms with E-state index < -0.39 is 0 Å². The van der Waals surface area contributed by atoms with Crippen molar-refractivity contribution in [2.24, 2.45) is 7.05 Å². The first-order valence-corrected chi connectivity index (χ1v) is 13.6. The van der Waals surface area contributed by atoms with Crippen LogP contribution in [-0.2, 0) is 11.8 Å². The lowest BCUT2D eigenvalue weighted by molar-refractivity contribution is 0.0323. The summed E-state index contributed by atoms with van der Waals surface area (Å²) in [5, 5.41) is 4.63. The second-order valence-electron chi connectivity index (χ2n) is 9.44. The smallest absolute Gasteiger partial charge is 0.265 e. The van der Waals surface area contributed by atoms with Crippen molar-refractivity contribution in [1.82, 2.24) is 14.8 Å². The molecule has 1 atom stereocenters. The Balaban J connectivity index is 1.55. The van der Waals surface area contributed by atoms with E-state index in [1.54, 1.807) is 11.6 Å². The molecular weight excluding hydrogens is 486 g/mol. The lowest BCUT2D eigenvalue weighted by Gasteiger charge is -2.26. The van der Waals surface area contributed by atoms with Gasteiger partial charge < -0.3 is 19.4 Å². The highest BCUT2D eigenvalue weighted by Crippen LogP contribution is 2.40. The molecule has 194 valence electrons. The quantitative estimate of drug-likeness (QED) is 0.367. The van der Waals surface area contributed by atoms with E-state index in [2.05, 4.69) is 36.2 Å². The fourth-order valence-corrected chi connectivity index (χ4v) is 6.20. The molecule has 1 unspecified atom stereocenters. The fraction of sp³-hybridized carbons (Fsp3) is 0.379. The topological polar surface area (TPSA) is 72.8 Å². The highest BCUT2D eigenvalue weighted by molar-refractivity contribution is 7.22. The highest BCUT2D eigenvalue weighted by atomic mass is 32.1. The van der Waals surface area contributed by atoms with E-state index in [9.17, 15) is 9.59 Å². The van der Waals surface area contributed by atoms with Gasteiger partial charge in [-0.1, -0.05) is 49.4 Å². The average Bonchev–Trinajstić information content (AvgIpc) is 3.31. The highest BCUT2D eigenvalue weighted by Gasteiger charge is 2.27. The number of pyridine rings is 1. The van der Waals surface area contributed by atoms with Crippen LogP contribution in [0.3, 0.4) is 0 Å². The van der Waals surface area contributed by atoms with Crippen LogP contribution < -0.4 is 15.6 Å². The van der Waals surface area contributed by atoms with Crippen molar-refractivity contribution >= 4 is 38.2 Å². The van der Waals surface area contributed by atoms with Crippen molar-refractivity contribution in [2.75, 3.05) is 39.5 Å². The standard InChI is InChI=1S/C29H33N3O4S/c1-4-22(20-10-6-5-9-19(20)2)30-28(33)27-25(36-18-15-32-13-16-35-17-14-32)24-26(37-27)21-11-7-8-12-23(21)31(3)29(24)34/h5-12,22H,4,13-18H2,1-3H3,(H,30,33). The molecule has 7 nitrogen and oxygen atoms in total. The molecule has 2 aromatic carbocycles. The number of nitrogens with one attached hydrogen (secondary N) is 1. The number of carbonyl (C=O) groups excluding carboxylic acids is 1. The molecule has 4 aromatic rings. The molecule has 0 spiro atoms. The third kappa shape index (κ3) is 5.01. The summed E-state index contributed by atoms with van der Waals surface area (Å²) in [4.78, 5) is 30.0. The van der Waals surface area contributed by atoms with Crippen molar-refractivity contribution in [2.45, 2.75) is 26.3 Å². The summed E-state index contributed by atoms with van der Waals surface area (Å²) in [5.41, 5.74) is 2.90. The summed E-state index contributed by atoms with van der Waals surface area (Å²) in [5.74, 6) is 0.167. The lowest BCUT2D eigenvalue weighted by atomic mass is 9.99. The molecule has 3 heterocycles. The number of carbonyl (C=O) groups is 1. The Bertz CT molecular complexity index is 1490. The van der Waals surface area contributed by atoms with E-state index in [1.807, 2.05) is 36.4 Å². The van der Waals surface area contributed by atoms with Gasteiger partial charge in [0.25, 0.3) is 11.5 Å². The van der Waals surface area contributed by atoms with E-state index in [-0.39, 0.29) is 17.5 Å². The number of fused-ring (bicyclic) bond motifs is 3. The number of amides is 1. The zero-order valence-corrected chi connectivity index (χ0v) is 22.4. The summed E-state index contributed by atoms with van der Waals surface area (Å²) in [6.45, 7) is 8.32. The van der Waals surface area contributed by atoms with E-state index >= 15 is 0 Å². The van der Waals surface area contributed by atoms with Crippen molar-refractivity contribution in [3.8, 4) is 5.75 Å². The molecule has 1 fully saturated rings. The summed E-state index contributed by atoms with van der Waals surface area (Å²) in [6, 6.07) is 15.8. The molecule has 1 aliphatic rings. The van der Waals surface area contributed by atoms with Gasteiger partial charge in [-0.05, 0) is 30.5 Å². The molecule has 5 rings (SSSR count). The number of hydrogen-bond acceptors (Lipinski definition) is 6. The zero-order chi connectivity index (χ0) is 25.9. The van der Waals surface area contributed by atoms with Gasteiger partial charge in [-0.3, -0.25) is 14.5 Å². The number of ether oxygens (including phenoxy) is 2. The van der Waals surface area contributed by atoms with E-state index in [1.165, 1.54) is 11.3 Å². The van der Waals surface area contributed by atoms with Crippen LogP contribution in [0.15, 0.2) is 53.3 Å². The first kappa shape index (κ1) is 25.4. The van der Waals surface area contributed by atoms with Gasteiger partial charge in [0.1, 0.15) is 16.9 Å². The monoisotopic (exact) mass is 519 g/mol. The maximum atomic E-state index is 13.8. The SMILES string of the molecule is CCC(NC(=O)c1sc2c(c1OCCN1CCOCC1)c(=O)n(C)c1ccccc21)c1ccccc1C. The molecule has 1 N–H and O–H groups in total. The number of aromatic nitrogens is 1. The van der Waals surface area contributed by atoms with E-state index in [4.69, 9.17) is 9.47 Å². The summed E-state index contributed by atoms with van der Waals surface area (Å²) in [7, 11) is 1.77. The first-order valence-electron chi connectivity index (χ1n) is 12.8. The van der Waals surface area contributed by atoms with Gasteiger partial charge in [0, 0.05) is 32.1 Å². The number of morpholine rings is 1. The van der Waals surface area contributed by atoms with Crippen molar-refractivity contribution in [1.29, 1.82) is 0 Å². The normalized spacial score (nSPS) is 15.2. The summed E-state index contributed by atoms with van der Waals surface area (Å²) >= 11 is 1.34. The van der Waals surface area contributed by atoms with Crippen LogP contribution in [0.25, 0.3) is 21.0 Å². The van der Waals surface area contributed by atoms with Crippen LogP contribution in [-0.4, -0.2) is 54.8 Å². The number of para-hydroxylation sites is 1. The maximum Gasteiger partial charge on any atom is 0.265 e. The Hall–Kier alpha value is -3.20. The molecular formula is C29H33N3O4S. The van der Waals surface area contributed by atoms with Crippen LogP contribution in [0, 0.1) is 6.92 Å². The average molecular weight is 520 g/mol. The van der Waals surface area contributed by atoms with Crippen molar-refractivity contribution in [3.63, 3.8) is 0 Å². The second kappa shape index (κ2) is 11.0. The number of benzene rings is 2. The van der Waals surface area contributed by atoms with Gasteiger partial charge >= 0.3 is 0 Å². The Morgan fingerprint density at radius 3 is 2.62 bits per heavy atom. The van der Waals surface area contributed by atoms with Crippen LogP contribution in [0.5, 0.6) is 5.75 Å². The maximum absolute atomic E-state index is 13.8. The zero-order valence-electron chi connectivity index (χ0n) is 21.6. The Labute approximate surface area is 220 Å². The van der Waals surface area contributed by atoms with Crippen LogP contribution >= 0.6 is 11.3 Å². The Kier molecular flexibility index (Phi) is 7.60. The lowest BCUT2D eigenvalue weighted by Crippen LogP contribution is -2.38. The predicted octanol–water partition coefficient (Wildman–Crippen LogP) is 4.65. The molecule has 1 amide bonds. The molecule has 1 saturated heterocycles. The first-order chi connectivity index (χ1) is 18.0. The van der Waals surface area contributed by atoms with Gasteiger partial charge in [0.2, 0.25) is 0 Å². The molecule has 0 radical (unpaired) electrons. The minimum Gasteiger partial charge on any atom is -0.490 e. The molecule has 37 heavy (non-hydrogen) atoms. The van der Waals surface area contributed by atoms with Crippen molar-refractivity contribution in [3.05, 3.63) is 74.9 Å². The van der Waals surface area contributed by atoms with Crippen LogP contribution in [0.1, 0.15) is 40.2 Å². The number of thiophene rings is 1. The molecule has 0 aliphatic carbocycles. The number of nitrogens with zero attached hydrogens (tertiary/aromatic N) is 2. The molecule has 0 bridgehead atoms. The molecule has 2 aromatic heterocycles. The predicted molar refractivity (Wildman–Crippen MR) is 149 cm³/mol. The largest absolute Gasteiger partial charge is 0.490 e.